The van der Waals surface area contributed by atoms with Crippen molar-refractivity contribution in [3.05, 3.63) is 30.1 Å². The molecule has 0 radical (unpaired) electrons. The molecule has 1 rings (SSSR count). The zero-order chi connectivity index (χ0) is 13.5. The third kappa shape index (κ3) is 4.53. The summed E-state index contributed by atoms with van der Waals surface area (Å²) < 4.78 is 12.7. The van der Waals surface area contributed by atoms with Crippen molar-refractivity contribution in [1.29, 1.82) is 0 Å². The van der Waals surface area contributed by atoms with Gasteiger partial charge in [-0.2, -0.15) is 0 Å². The second kappa shape index (κ2) is 6.74. The van der Waals surface area contributed by atoms with Gasteiger partial charge in [-0.05, 0) is 30.7 Å². The third-order valence-corrected chi connectivity index (χ3v) is 2.54. The number of anilines is 1. The number of nitrogens with one attached hydrogen (secondary N) is 1. The van der Waals surface area contributed by atoms with E-state index >= 15 is 0 Å². The molecule has 1 aromatic rings. The highest BCUT2D eigenvalue weighted by Crippen LogP contribution is 2.15. The summed E-state index contributed by atoms with van der Waals surface area (Å²) in [5.74, 6) is -2.28. The number of aliphatic carboxylic acids is 1. The lowest BCUT2D eigenvalue weighted by Gasteiger charge is -2.14. The molecule has 1 aromatic carbocycles. The monoisotopic (exact) mass is 253 g/mol. The molecule has 0 aliphatic heterocycles. The molecule has 1 unspecified atom stereocenters. The van der Waals surface area contributed by atoms with E-state index in [-0.39, 0.29) is 18.1 Å². The van der Waals surface area contributed by atoms with Crippen LogP contribution in [0.4, 0.5) is 10.1 Å². The molecule has 0 aromatic heterocycles. The van der Waals surface area contributed by atoms with Crippen LogP contribution in [-0.4, -0.2) is 17.0 Å². The molecule has 0 aliphatic rings. The first-order chi connectivity index (χ1) is 8.52. The normalized spacial score (nSPS) is 11.9. The second-order valence-electron chi connectivity index (χ2n) is 4.08. The predicted molar refractivity (Wildman–Crippen MR) is 65.7 cm³/mol. The van der Waals surface area contributed by atoms with Crippen molar-refractivity contribution >= 4 is 17.6 Å². The minimum absolute atomic E-state index is 0.194. The number of halogens is 1. The van der Waals surface area contributed by atoms with Crippen molar-refractivity contribution in [2.24, 2.45) is 5.92 Å². The molecule has 0 saturated heterocycles. The summed E-state index contributed by atoms with van der Waals surface area (Å²) in [6.45, 7) is 1.89. The second-order valence-corrected chi connectivity index (χ2v) is 4.08. The van der Waals surface area contributed by atoms with E-state index < -0.39 is 11.9 Å². The maximum atomic E-state index is 12.7. The Morgan fingerprint density at radius 2 is 1.94 bits per heavy atom. The van der Waals surface area contributed by atoms with Crippen LogP contribution in [0, 0.1) is 11.7 Å². The Morgan fingerprint density at radius 3 is 2.44 bits per heavy atom. The van der Waals surface area contributed by atoms with Crippen molar-refractivity contribution in [1.82, 2.24) is 0 Å². The number of hydrogen-bond acceptors (Lipinski definition) is 2. The lowest BCUT2D eigenvalue weighted by atomic mass is 9.99. The van der Waals surface area contributed by atoms with E-state index in [1.165, 1.54) is 24.3 Å². The highest BCUT2D eigenvalue weighted by molar-refractivity contribution is 5.94. The first kappa shape index (κ1) is 14.2. The number of rotatable bonds is 6. The SMILES string of the molecule is CCCC(CC(=O)O)C(=O)Nc1ccc(F)cc1. The Labute approximate surface area is 105 Å². The van der Waals surface area contributed by atoms with Crippen molar-refractivity contribution in [3.63, 3.8) is 0 Å². The van der Waals surface area contributed by atoms with Gasteiger partial charge in [0.05, 0.1) is 6.42 Å². The largest absolute Gasteiger partial charge is 0.481 e. The highest BCUT2D eigenvalue weighted by Gasteiger charge is 2.20. The maximum absolute atomic E-state index is 12.7. The van der Waals surface area contributed by atoms with E-state index in [2.05, 4.69) is 5.32 Å². The van der Waals surface area contributed by atoms with Crippen LogP contribution in [0.2, 0.25) is 0 Å². The fourth-order valence-electron chi connectivity index (χ4n) is 1.66. The van der Waals surface area contributed by atoms with Crippen LogP contribution in [0.15, 0.2) is 24.3 Å². The number of hydrogen-bond donors (Lipinski definition) is 2. The number of amides is 1. The summed E-state index contributed by atoms with van der Waals surface area (Å²) in [6.07, 6.45) is 1.05. The standard InChI is InChI=1S/C13H16FNO3/c1-2-3-9(8-12(16)17)13(18)15-11-6-4-10(14)5-7-11/h4-7,9H,2-3,8H2,1H3,(H,15,18)(H,16,17). The molecular weight excluding hydrogens is 237 g/mol. The van der Waals surface area contributed by atoms with Gasteiger partial charge >= 0.3 is 5.97 Å². The zero-order valence-electron chi connectivity index (χ0n) is 10.1. The van der Waals surface area contributed by atoms with Crippen molar-refractivity contribution in [2.45, 2.75) is 26.2 Å². The van der Waals surface area contributed by atoms with Crippen molar-refractivity contribution < 1.29 is 19.1 Å². The molecule has 2 N–H and O–H groups in total. The minimum atomic E-state index is -0.997. The number of carboxylic acids is 1. The van der Waals surface area contributed by atoms with E-state index in [1.54, 1.807) is 0 Å². The van der Waals surface area contributed by atoms with Crippen LogP contribution in [0.3, 0.4) is 0 Å². The summed E-state index contributed by atoms with van der Waals surface area (Å²) in [7, 11) is 0. The van der Waals surface area contributed by atoms with Gasteiger partial charge in [0.25, 0.3) is 0 Å². The van der Waals surface area contributed by atoms with Gasteiger partial charge in [-0.25, -0.2) is 4.39 Å². The summed E-state index contributed by atoms with van der Waals surface area (Å²) in [6, 6.07) is 5.36. The van der Waals surface area contributed by atoms with Crippen LogP contribution in [0.25, 0.3) is 0 Å². The van der Waals surface area contributed by atoms with Crippen LogP contribution in [0.5, 0.6) is 0 Å². The predicted octanol–water partition coefficient (Wildman–Crippen LogP) is 2.66. The molecule has 1 atom stereocenters. The Kier molecular flexibility index (Phi) is 5.30. The Bertz CT molecular complexity index is 417. The lowest BCUT2D eigenvalue weighted by molar-refractivity contribution is -0.140. The molecule has 0 heterocycles. The van der Waals surface area contributed by atoms with Crippen LogP contribution < -0.4 is 5.32 Å². The number of carboxylic acid groups (broad SMARTS) is 1. The van der Waals surface area contributed by atoms with Crippen LogP contribution in [0.1, 0.15) is 26.2 Å². The van der Waals surface area contributed by atoms with Crippen LogP contribution in [-0.2, 0) is 9.59 Å². The molecule has 0 fully saturated rings. The average molecular weight is 253 g/mol. The molecule has 0 spiro atoms. The number of carbonyl (C=O) groups is 2. The van der Waals surface area contributed by atoms with E-state index in [0.29, 0.717) is 12.1 Å². The van der Waals surface area contributed by atoms with Gasteiger partial charge in [0.1, 0.15) is 5.82 Å². The van der Waals surface area contributed by atoms with Gasteiger partial charge in [0.15, 0.2) is 0 Å². The molecule has 4 nitrogen and oxygen atoms in total. The minimum Gasteiger partial charge on any atom is -0.481 e. The van der Waals surface area contributed by atoms with Gasteiger partial charge in [-0.15, -0.1) is 0 Å². The zero-order valence-corrected chi connectivity index (χ0v) is 10.1. The van der Waals surface area contributed by atoms with E-state index in [1.807, 2.05) is 6.92 Å². The van der Waals surface area contributed by atoms with Gasteiger partial charge in [-0.1, -0.05) is 13.3 Å². The average Bonchev–Trinajstić information content (AvgIpc) is 2.31. The third-order valence-electron chi connectivity index (χ3n) is 2.54. The Morgan fingerprint density at radius 1 is 1.33 bits per heavy atom. The van der Waals surface area contributed by atoms with Crippen LogP contribution >= 0.6 is 0 Å². The van der Waals surface area contributed by atoms with Gasteiger partial charge in [0, 0.05) is 11.6 Å². The Balaban J connectivity index is 2.65. The molecule has 18 heavy (non-hydrogen) atoms. The van der Waals surface area contributed by atoms with E-state index in [9.17, 15) is 14.0 Å². The quantitative estimate of drug-likeness (QED) is 0.819. The van der Waals surface area contributed by atoms with Gasteiger partial charge in [-0.3, -0.25) is 9.59 Å². The summed E-state index contributed by atoms with van der Waals surface area (Å²) in [4.78, 5) is 22.5. The molecule has 0 saturated carbocycles. The number of carbonyl (C=O) groups excluding carboxylic acids is 1. The van der Waals surface area contributed by atoms with E-state index in [0.717, 1.165) is 6.42 Å². The summed E-state index contributed by atoms with van der Waals surface area (Å²) in [5.41, 5.74) is 0.466. The Hall–Kier alpha value is -1.91. The summed E-state index contributed by atoms with van der Waals surface area (Å²) in [5, 5.41) is 11.3. The molecule has 0 aliphatic carbocycles. The number of benzene rings is 1. The first-order valence-electron chi connectivity index (χ1n) is 5.81. The lowest BCUT2D eigenvalue weighted by Crippen LogP contribution is -2.25. The van der Waals surface area contributed by atoms with Crippen molar-refractivity contribution in [3.8, 4) is 0 Å². The van der Waals surface area contributed by atoms with Gasteiger partial charge < -0.3 is 10.4 Å². The molecule has 1 amide bonds. The molecule has 5 heteroatoms. The maximum Gasteiger partial charge on any atom is 0.304 e. The van der Waals surface area contributed by atoms with E-state index in [4.69, 9.17) is 5.11 Å². The smallest absolute Gasteiger partial charge is 0.304 e. The molecule has 0 bridgehead atoms. The molecular formula is C13H16FNO3. The first-order valence-corrected chi connectivity index (χ1v) is 5.81. The highest BCUT2D eigenvalue weighted by atomic mass is 19.1. The fraction of sp³-hybridized carbons (Fsp3) is 0.385. The van der Waals surface area contributed by atoms with Crippen molar-refractivity contribution in [2.75, 3.05) is 5.32 Å². The fourth-order valence-corrected chi connectivity index (χ4v) is 1.66. The summed E-state index contributed by atoms with van der Waals surface area (Å²) >= 11 is 0. The molecule has 98 valence electrons. The van der Waals surface area contributed by atoms with Gasteiger partial charge in [0.2, 0.25) is 5.91 Å². The topological polar surface area (TPSA) is 66.4 Å².